The first-order chi connectivity index (χ1) is 8.01. The molecule has 0 aliphatic heterocycles. The molecule has 0 heterocycles. The first-order valence-corrected chi connectivity index (χ1v) is 4.73. The molecule has 6 heteroatoms. The molecule has 0 amide bonds. The van der Waals surface area contributed by atoms with E-state index in [-0.39, 0.29) is 16.9 Å². The Morgan fingerprint density at radius 1 is 1.41 bits per heavy atom. The van der Waals surface area contributed by atoms with Crippen LogP contribution in [0.1, 0.15) is 22.0 Å². The number of carboxylic acids is 1. The number of hydrogen-bond donors (Lipinski definition) is 3. The van der Waals surface area contributed by atoms with Gasteiger partial charge in [0.05, 0.1) is 7.11 Å². The van der Waals surface area contributed by atoms with Crippen molar-refractivity contribution in [2.24, 2.45) is 0 Å². The third kappa shape index (κ3) is 2.80. The van der Waals surface area contributed by atoms with Crippen LogP contribution in [0, 0.1) is 0 Å². The summed E-state index contributed by atoms with van der Waals surface area (Å²) in [7, 11) is 1.33. The Labute approximate surface area is 97.1 Å². The van der Waals surface area contributed by atoms with Crippen molar-refractivity contribution in [2.45, 2.75) is 12.2 Å². The molecule has 1 aromatic rings. The maximum atomic E-state index is 10.6. The number of carboxylic acid groups (broad SMARTS) is 1. The van der Waals surface area contributed by atoms with Crippen LogP contribution in [0.5, 0.6) is 5.75 Å². The summed E-state index contributed by atoms with van der Waals surface area (Å²) in [4.78, 5) is 21.1. The van der Waals surface area contributed by atoms with Crippen LogP contribution in [0.2, 0.25) is 0 Å². The zero-order valence-corrected chi connectivity index (χ0v) is 9.03. The Morgan fingerprint density at radius 2 is 2.06 bits per heavy atom. The number of aliphatic carboxylic acids is 1. The van der Waals surface area contributed by atoms with Gasteiger partial charge >= 0.3 is 5.97 Å². The van der Waals surface area contributed by atoms with Gasteiger partial charge in [-0.25, -0.2) is 4.79 Å². The Morgan fingerprint density at radius 3 is 2.53 bits per heavy atom. The molecule has 0 aliphatic carbocycles. The van der Waals surface area contributed by atoms with Crippen LogP contribution in [0.25, 0.3) is 0 Å². The monoisotopic (exact) mass is 240 g/mol. The summed E-state index contributed by atoms with van der Waals surface area (Å²) in [6.07, 6.45) is -3.10. The number of benzene rings is 1. The summed E-state index contributed by atoms with van der Waals surface area (Å²) in [5.41, 5.74) is 0.296. The van der Waals surface area contributed by atoms with Gasteiger partial charge in [0.2, 0.25) is 0 Å². The van der Waals surface area contributed by atoms with E-state index in [1.165, 1.54) is 25.3 Å². The van der Waals surface area contributed by atoms with Gasteiger partial charge < -0.3 is 20.1 Å². The second-order valence-electron chi connectivity index (χ2n) is 3.35. The molecule has 17 heavy (non-hydrogen) atoms. The number of carbonyl (C=O) groups excluding carboxylic acids is 1. The number of hydrogen-bond acceptors (Lipinski definition) is 5. The number of carbonyl (C=O) groups is 2. The van der Waals surface area contributed by atoms with Crippen molar-refractivity contribution in [3.8, 4) is 5.75 Å². The smallest absolute Gasteiger partial charge is 0.335 e. The summed E-state index contributed by atoms with van der Waals surface area (Å²) in [6, 6.07) is 4.13. The van der Waals surface area contributed by atoms with E-state index in [1.54, 1.807) is 0 Å². The van der Waals surface area contributed by atoms with E-state index in [0.29, 0.717) is 6.29 Å². The van der Waals surface area contributed by atoms with Crippen LogP contribution in [0.3, 0.4) is 0 Å². The Kier molecular flexibility index (Phi) is 4.19. The lowest BCUT2D eigenvalue weighted by Crippen LogP contribution is -2.27. The quantitative estimate of drug-likeness (QED) is 0.625. The second-order valence-corrected chi connectivity index (χ2v) is 3.35. The van der Waals surface area contributed by atoms with Gasteiger partial charge in [-0.3, -0.25) is 4.79 Å². The molecular formula is C11H12O6. The Hall–Kier alpha value is -1.92. The van der Waals surface area contributed by atoms with Crippen LogP contribution in [-0.4, -0.2) is 40.8 Å². The molecule has 0 bridgehead atoms. The molecular weight excluding hydrogens is 228 g/mol. The van der Waals surface area contributed by atoms with Gasteiger partial charge in [-0.1, -0.05) is 0 Å². The molecule has 1 aromatic carbocycles. The number of aliphatic hydroxyl groups is 2. The lowest BCUT2D eigenvalue weighted by Gasteiger charge is -2.17. The molecule has 0 saturated heterocycles. The molecule has 0 saturated carbocycles. The highest BCUT2D eigenvalue weighted by Gasteiger charge is 2.27. The second kappa shape index (κ2) is 5.42. The number of rotatable bonds is 5. The zero-order chi connectivity index (χ0) is 13.0. The minimum absolute atomic E-state index is 0.0481. The van der Waals surface area contributed by atoms with Crippen molar-refractivity contribution < 1.29 is 29.6 Å². The fraction of sp³-hybridized carbons (Fsp3) is 0.273. The fourth-order valence-corrected chi connectivity index (χ4v) is 1.36. The average Bonchev–Trinajstić information content (AvgIpc) is 2.35. The molecule has 0 aromatic heterocycles. The molecule has 2 unspecified atom stereocenters. The summed E-state index contributed by atoms with van der Waals surface area (Å²) >= 11 is 0. The van der Waals surface area contributed by atoms with Crippen LogP contribution in [-0.2, 0) is 4.79 Å². The number of ether oxygens (including phenoxy) is 1. The van der Waals surface area contributed by atoms with E-state index >= 15 is 0 Å². The topological polar surface area (TPSA) is 104 Å². The van der Waals surface area contributed by atoms with Gasteiger partial charge in [0, 0.05) is 11.1 Å². The largest absolute Gasteiger partial charge is 0.496 e. The van der Waals surface area contributed by atoms with Crippen molar-refractivity contribution in [3.63, 3.8) is 0 Å². The summed E-state index contributed by atoms with van der Waals surface area (Å²) in [5.74, 6) is -1.36. The summed E-state index contributed by atoms with van der Waals surface area (Å²) in [5, 5.41) is 27.5. The molecule has 0 spiro atoms. The predicted octanol–water partition coefficient (Wildman–Crippen LogP) is -0.0134. The minimum Gasteiger partial charge on any atom is -0.496 e. The Bertz CT molecular complexity index is 428. The van der Waals surface area contributed by atoms with Crippen molar-refractivity contribution in [1.29, 1.82) is 0 Å². The minimum atomic E-state index is -1.98. The van der Waals surface area contributed by atoms with E-state index < -0.39 is 18.2 Å². The van der Waals surface area contributed by atoms with E-state index in [1.807, 2.05) is 0 Å². The van der Waals surface area contributed by atoms with Crippen LogP contribution in [0.15, 0.2) is 18.2 Å². The Balaban J connectivity index is 3.17. The number of aldehydes is 1. The molecule has 0 fully saturated rings. The van der Waals surface area contributed by atoms with Gasteiger partial charge in [-0.15, -0.1) is 0 Å². The molecule has 0 aliphatic rings. The van der Waals surface area contributed by atoms with E-state index in [2.05, 4.69) is 0 Å². The predicted molar refractivity (Wildman–Crippen MR) is 57.0 cm³/mol. The first-order valence-electron chi connectivity index (χ1n) is 4.73. The van der Waals surface area contributed by atoms with Gasteiger partial charge in [0.25, 0.3) is 0 Å². The van der Waals surface area contributed by atoms with Crippen LogP contribution < -0.4 is 4.74 Å². The highest BCUT2D eigenvalue weighted by atomic mass is 16.5. The highest BCUT2D eigenvalue weighted by Crippen LogP contribution is 2.28. The highest BCUT2D eigenvalue weighted by molar-refractivity contribution is 5.77. The molecule has 92 valence electrons. The molecule has 0 radical (unpaired) electrons. The van der Waals surface area contributed by atoms with Gasteiger partial charge in [-0.2, -0.15) is 0 Å². The lowest BCUT2D eigenvalue weighted by molar-refractivity contribution is -0.153. The molecule has 3 N–H and O–H groups in total. The van der Waals surface area contributed by atoms with E-state index in [0.717, 1.165) is 0 Å². The molecule has 6 nitrogen and oxygen atoms in total. The standard InChI is InChI=1S/C11H12O6/c1-17-8-3-2-6(5-12)4-7(8)9(13)10(14)11(15)16/h2-5,9-10,13-14H,1H3,(H,15,16). The van der Waals surface area contributed by atoms with Crippen molar-refractivity contribution >= 4 is 12.3 Å². The normalized spacial score (nSPS) is 13.8. The SMILES string of the molecule is COc1ccc(C=O)cc1C(O)C(O)C(=O)O. The van der Waals surface area contributed by atoms with Gasteiger partial charge in [0.15, 0.2) is 6.10 Å². The maximum absolute atomic E-state index is 10.6. The van der Waals surface area contributed by atoms with Crippen LogP contribution in [0.4, 0.5) is 0 Å². The summed E-state index contributed by atoms with van der Waals surface area (Å²) < 4.78 is 4.92. The average molecular weight is 240 g/mol. The molecule has 1 rings (SSSR count). The number of aliphatic hydroxyl groups excluding tert-OH is 2. The van der Waals surface area contributed by atoms with Crippen molar-refractivity contribution in [1.82, 2.24) is 0 Å². The third-order valence-corrected chi connectivity index (χ3v) is 2.26. The van der Waals surface area contributed by atoms with Crippen LogP contribution >= 0.6 is 0 Å². The fourth-order valence-electron chi connectivity index (χ4n) is 1.36. The van der Waals surface area contributed by atoms with Crippen molar-refractivity contribution in [2.75, 3.05) is 7.11 Å². The van der Waals surface area contributed by atoms with Crippen molar-refractivity contribution in [3.05, 3.63) is 29.3 Å². The third-order valence-electron chi connectivity index (χ3n) is 2.26. The number of methoxy groups -OCH3 is 1. The van der Waals surface area contributed by atoms with E-state index in [4.69, 9.17) is 9.84 Å². The van der Waals surface area contributed by atoms with Gasteiger partial charge in [0.1, 0.15) is 18.1 Å². The summed E-state index contributed by atoms with van der Waals surface area (Å²) in [6.45, 7) is 0. The van der Waals surface area contributed by atoms with Gasteiger partial charge in [-0.05, 0) is 18.2 Å². The van der Waals surface area contributed by atoms with E-state index in [9.17, 15) is 19.8 Å². The maximum Gasteiger partial charge on any atom is 0.335 e. The zero-order valence-electron chi connectivity index (χ0n) is 9.03. The lowest BCUT2D eigenvalue weighted by atomic mass is 10.0. The first kappa shape index (κ1) is 13.1. The molecule has 2 atom stereocenters.